The molecule has 1 rings (SSSR count). The number of hydrogen-bond acceptors (Lipinski definition) is 3. The Kier molecular flexibility index (Phi) is 4.47. The van der Waals surface area contributed by atoms with E-state index in [2.05, 4.69) is 37.8 Å². The van der Waals surface area contributed by atoms with Gasteiger partial charge >= 0.3 is 0 Å². The van der Waals surface area contributed by atoms with E-state index in [0.29, 0.717) is 12.6 Å². The van der Waals surface area contributed by atoms with Crippen LogP contribution in [-0.2, 0) is 6.42 Å². The summed E-state index contributed by atoms with van der Waals surface area (Å²) in [6, 6.07) is 0.362. The van der Waals surface area contributed by atoms with Crippen LogP contribution in [0.5, 0.6) is 0 Å². The SMILES string of the molecule is CCCC(C)(CN)Cc1ncnn1C(C)C. The zero-order valence-electron chi connectivity index (χ0n) is 10.9. The van der Waals surface area contributed by atoms with Gasteiger partial charge in [0.1, 0.15) is 12.2 Å². The van der Waals surface area contributed by atoms with Crippen LogP contribution in [0.1, 0.15) is 52.4 Å². The highest BCUT2D eigenvalue weighted by molar-refractivity contribution is 4.94. The van der Waals surface area contributed by atoms with Gasteiger partial charge in [-0.15, -0.1) is 0 Å². The van der Waals surface area contributed by atoms with Gasteiger partial charge in [-0.2, -0.15) is 5.10 Å². The molecule has 1 unspecified atom stereocenters. The maximum Gasteiger partial charge on any atom is 0.138 e. The average molecular weight is 224 g/mol. The molecule has 0 aromatic carbocycles. The number of aromatic nitrogens is 3. The molecule has 0 spiro atoms. The Hall–Kier alpha value is -0.900. The largest absolute Gasteiger partial charge is 0.330 e. The number of rotatable bonds is 6. The molecule has 1 atom stereocenters. The molecule has 1 aromatic rings. The van der Waals surface area contributed by atoms with Gasteiger partial charge in [-0.3, -0.25) is 0 Å². The van der Waals surface area contributed by atoms with Crippen molar-refractivity contribution in [3.05, 3.63) is 12.2 Å². The molecular formula is C12H24N4. The zero-order valence-corrected chi connectivity index (χ0v) is 10.9. The van der Waals surface area contributed by atoms with E-state index in [-0.39, 0.29) is 5.41 Å². The summed E-state index contributed by atoms with van der Waals surface area (Å²) >= 11 is 0. The molecule has 0 saturated carbocycles. The van der Waals surface area contributed by atoms with E-state index in [9.17, 15) is 0 Å². The lowest BCUT2D eigenvalue weighted by Crippen LogP contribution is -2.31. The molecule has 4 nitrogen and oxygen atoms in total. The molecule has 0 aliphatic rings. The third kappa shape index (κ3) is 3.04. The second-order valence-corrected chi connectivity index (χ2v) is 5.16. The normalized spacial score (nSPS) is 15.4. The minimum atomic E-state index is 0.147. The van der Waals surface area contributed by atoms with Crippen LogP contribution in [0.2, 0.25) is 0 Å². The molecule has 4 heteroatoms. The van der Waals surface area contributed by atoms with Crippen molar-refractivity contribution in [2.75, 3.05) is 6.54 Å². The Morgan fingerprint density at radius 2 is 2.19 bits per heavy atom. The van der Waals surface area contributed by atoms with Gasteiger partial charge in [-0.25, -0.2) is 9.67 Å². The fourth-order valence-electron chi connectivity index (χ4n) is 2.08. The maximum atomic E-state index is 5.88. The van der Waals surface area contributed by atoms with Crippen molar-refractivity contribution in [3.8, 4) is 0 Å². The smallest absolute Gasteiger partial charge is 0.138 e. The first-order valence-corrected chi connectivity index (χ1v) is 6.11. The van der Waals surface area contributed by atoms with Crippen LogP contribution in [0.4, 0.5) is 0 Å². The summed E-state index contributed by atoms with van der Waals surface area (Å²) < 4.78 is 1.99. The monoisotopic (exact) mass is 224 g/mol. The lowest BCUT2D eigenvalue weighted by atomic mass is 9.82. The topological polar surface area (TPSA) is 56.7 Å². The summed E-state index contributed by atoms with van der Waals surface area (Å²) in [4.78, 5) is 4.35. The van der Waals surface area contributed by atoms with Gasteiger partial charge in [-0.1, -0.05) is 20.3 Å². The summed E-state index contributed by atoms with van der Waals surface area (Å²) in [5, 5.41) is 4.26. The number of hydrogen-bond donors (Lipinski definition) is 1. The molecule has 1 heterocycles. The van der Waals surface area contributed by atoms with Crippen LogP contribution < -0.4 is 5.73 Å². The standard InChI is InChI=1S/C12H24N4/c1-5-6-12(4,8-13)7-11-14-9-15-16(11)10(2)3/h9-10H,5-8,13H2,1-4H3. The van der Waals surface area contributed by atoms with Crippen LogP contribution in [0, 0.1) is 5.41 Å². The van der Waals surface area contributed by atoms with Crippen molar-refractivity contribution >= 4 is 0 Å². The fourth-order valence-corrected chi connectivity index (χ4v) is 2.08. The second kappa shape index (κ2) is 5.43. The first-order chi connectivity index (χ1) is 7.52. The summed E-state index contributed by atoms with van der Waals surface area (Å²) in [6.45, 7) is 9.37. The molecule has 0 saturated heterocycles. The Morgan fingerprint density at radius 1 is 1.50 bits per heavy atom. The molecule has 0 aliphatic heterocycles. The predicted molar refractivity (Wildman–Crippen MR) is 66.2 cm³/mol. The lowest BCUT2D eigenvalue weighted by Gasteiger charge is -2.27. The van der Waals surface area contributed by atoms with Crippen molar-refractivity contribution in [2.24, 2.45) is 11.1 Å². The molecule has 16 heavy (non-hydrogen) atoms. The second-order valence-electron chi connectivity index (χ2n) is 5.16. The maximum absolute atomic E-state index is 5.88. The summed E-state index contributed by atoms with van der Waals surface area (Å²) in [5.41, 5.74) is 6.03. The third-order valence-electron chi connectivity index (χ3n) is 3.07. The molecule has 0 fully saturated rings. The first kappa shape index (κ1) is 13.2. The molecule has 0 amide bonds. The van der Waals surface area contributed by atoms with Gasteiger partial charge < -0.3 is 5.73 Å². The summed E-state index contributed by atoms with van der Waals surface area (Å²) in [6.07, 6.45) is 4.84. The van der Waals surface area contributed by atoms with Crippen molar-refractivity contribution in [1.29, 1.82) is 0 Å². The number of nitrogens with zero attached hydrogens (tertiary/aromatic N) is 3. The average Bonchev–Trinajstić information content (AvgIpc) is 2.66. The van der Waals surface area contributed by atoms with Crippen molar-refractivity contribution in [1.82, 2.24) is 14.8 Å². The highest BCUT2D eigenvalue weighted by Crippen LogP contribution is 2.26. The Bertz CT molecular complexity index is 319. The molecular weight excluding hydrogens is 200 g/mol. The Morgan fingerprint density at radius 3 is 2.69 bits per heavy atom. The van der Waals surface area contributed by atoms with Crippen LogP contribution in [0.3, 0.4) is 0 Å². The minimum Gasteiger partial charge on any atom is -0.330 e. The summed E-state index contributed by atoms with van der Waals surface area (Å²) in [7, 11) is 0. The lowest BCUT2D eigenvalue weighted by molar-refractivity contribution is 0.287. The van der Waals surface area contributed by atoms with Gasteiger partial charge in [0.2, 0.25) is 0 Å². The summed E-state index contributed by atoms with van der Waals surface area (Å²) in [5.74, 6) is 1.05. The highest BCUT2D eigenvalue weighted by Gasteiger charge is 2.25. The van der Waals surface area contributed by atoms with Gasteiger partial charge in [-0.05, 0) is 32.2 Å². The van der Waals surface area contributed by atoms with Crippen LogP contribution >= 0.6 is 0 Å². The van der Waals surface area contributed by atoms with E-state index in [0.717, 1.165) is 25.1 Å². The van der Waals surface area contributed by atoms with E-state index >= 15 is 0 Å². The van der Waals surface area contributed by atoms with E-state index in [4.69, 9.17) is 5.73 Å². The molecule has 0 radical (unpaired) electrons. The molecule has 0 aliphatic carbocycles. The van der Waals surface area contributed by atoms with Crippen LogP contribution in [0.15, 0.2) is 6.33 Å². The fraction of sp³-hybridized carbons (Fsp3) is 0.833. The highest BCUT2D eigenvalue weighted by atomic mass is 15.3. The van der Waals surface area contributed by atoms with E-state index in [1.165, 1.54) is 0 Å². The Labute approximate surface area is 98.2 Å². The van der Waals surface area contributed by atoms with Crippen LogP contribution in [-0.4, -0.2) is 21.3 Å². The first-order valence-electron chi connectivity index (χ1n) is 6.11. The quantitative estimate of drug-likeness (QED) is 0.805. The van der Waals surface area contributed by atoms with Gasteiger partial charge in [0.15, 0.2) is 0 Å². The van der Waals surface area contributed by atoms with Crippen molar-refractivity contribution < 1.29 is 0 Å². The predicted octanol–water partition coefficient (Wildman–Crippen LogP) is 2.17. The molecule has 92 valence electrons. The minimum absolute atomic E-state index is 0.147. The van der Waals surface area contributed by atoms with Crippen molar-refractivity contribution in [3.63, 3.8) is 0 Å². The van der Waals surface area contributed by atoms with Gasteiger partial charge in [0.25, 0.3) is 0 Å². The van der Waals surface area contributed by atoms with Crippen LogP contribution in [0.25, 0.3) is 0 Å². The Balaban J connectivity index is 2.81. The van der Waals surface area contributed by atoms with Crippen molar-refractivity contribution in [2.45, 2.75) is 53.0 Å². The third-order valence-corrected chi connectivity index (χ3v) is 3.07. The van der Waals surface area contributed by atoms with E-state index in [1.807, 2.05) is 4.68 Å². The van der Waals surface area contributed by atoms with Gasteiger partial charge in [0.05, 0.1) is 0 Å². The molecule has 0 bridgehead atoms. The number of nitrogens with two attached hydrogens (primary N) is 1. The van der Waals surface area contributed by atoms with Gasteiger partial charge in [0, 0.05) is 12.5 Å². The molecule has 1 aromatic heterocycles. The van der Waals surface area contributed by atoms with E-state index < -0.39 is 0 Å². The zero-order chi connectivity index (χ0) is 12.2. The van der Waals surface area contributed by atoms with E-state index in [1.54, 1.807) is 6.33 Å². The molecule has 2 N–H and O–H groups in total.